The highest BCUT2D eigenvalue weighted by Crippen LogP contribution is 2.30. The summed E-state index contributed by atoms with van der Waals surface area (Å²) in [5.74, 6) is -0.621. The number of hydrogen-bond donors (Lipinski definition) is 0. The van der Waals surface area contributed by atoms with Crippen LogP contribution in [0.15, 0.2) is 12.1 Å². The third-order valence-electron chi connectivity index (χ3n) is 7.56. The molecule has 1 aliphatic rings. The quantitative estimate of drug-likeness (QED) is 0.222. The summed E-state index contributed by atoms with van der Waals surface area (Å²) in [5, 5.41) is 3.62. The van der Waals surface area contributed by atoms with Gasteiger partial charge in [0.05, 0.1) is 0 Å². The summed E-state index contributed by atoms with van der Waals surface area (Å²) in [6, 6.07) is 5.55. The summed E-state index contributed by atoms with van der Waals surface area (Å²) in [6.45, 7) is 8.95. The minimum atomic E-state index is -2.72. The Bertz CT molecular complexity index is 934. The van der Waals surface area contributed by atoms with Gasteiger partial charge in [0.25, 0.3) is 6.43 Å². The SMILES string of the molecule is CCc1cc(C)c(C)cc1CN(CCCCCCCCCCc1c(C(F)F)nn(C)c1F)C1CC1. The van der Waals surface area contributed by atoms with Crippen molar-refractivity contribution in [2.24, 2.45) is 7.05 Å². The van der Waals surface area contributed by atoms with E-state index in [1.54, 1.807) is 0 Å². The van der Waals surface area contributed by atoms with Crippen LogP contribution >= 0.6 is 0 Å². The van der Waals surface area contributed by atoms with Gasteiger partial charge in [-0.1, -0.05) is 57.6 Å². The van der Waals surface area contributed by atoms with Crippen LogP contribution in [0.25, 0.3) is 0 Å². The van der Waals surface area contributed by atoms with E-state index in [2.05, 4.69) is 42.9 Å². The molecule has 2 aromatic rings. The number of nitrogens with zero attached hydrogens (tertiary/aromatic N) is 3. The van der Waals surface area contributed by atoms with E-state index in [1.165, 1.54) is 74.4 Å². The maximum absolute atomic E-state index is 14.0. The van der Waals surface area contributed by atoms with Gasteiger partial charge in [-0.2, -0.15) is 9.49 Å². The normalized spacial score (nSPS) is 14.0. The van der Waals surface area contributed by atoms with Crippen LogP contribution in [-0.2, 0) is 26.4 Å². The number of aryl methyl sites for hydroxylation is 4. The molecule has 196 valence electrons. The summed E-state index contributed by atoms with van der Waals surface area (Å²) in [5.41, 5.74) is 5.49. The second-order valence-electron chi connectivity index (χ2n) is 10.4. The number of benzene rings is 1. The van der Waals surface area contributed by atoms with Gasteiger partial charge in [0.2, 0.25) is 5.95 Å². The van der Waals surface area contributed by atoms with Gasteiger partial charge in [-0.15, -0.1) is 0 Å². The molecule has 0 aliphatic heterocycles. The zero-order valence-corrected chi connectivity index (χ0v) is 22.2. The number of alkyl halides is 2. The average molecular weight is 492 g/mol. The largest absolute Gasteiger partial charge is 0.296 e. The summed E-state index contributed by atoms with van der Waals surface area (Å²) in [4.78, 5) is 2.70. The second kappa shape index (κ2) is 13.5. The molecule has 0 atom stereocenters. The van der Waals surface area contributed by atoms with Crippen molar-refractivity contribution < 1.29 is 13.2 Å². The third kappa shape index (κ3) is 8.09. The first-order valence-electron chi connectivity index (χ1n) is 13.6. The molecule has 1 aliphatic carbocycles. The average Bonchev–Trinajstić information content (AvgIpc) is 3.63. The number of hydrogen-bond acceptors (Lipinski definition) is 2. The fourth-order valence-electron chi connectivity index (χ4n) is 5.11. The molecule has 1 heterocycles. The number of unbranched alkanes of at least 4 members (excludes halogenated alkanes) is 7. The Labute approximate surface area is 210 Å². The van der Waals surface area contributed by atoms with Gasteiger partial charge in [-0.05, 0) is 81.2 Å². The maximum Gasteiger partial charge on any atom is 0.282 e. The lowest BCUT2D eigenvalue weighted by atomic mass is 9.97. The zero-order chi connectivity index (χ0) is 25.4. The Morgan fingerprint density at radius 2 is 1.51 bits per heavy atom. The minimum absolute atomic E-state index is 0.0922. The molecule has 0 amide bonds. The van der Waals surface area contributed by atoms with Gasteiger partial charge in [-0.3, -0.25) is 4.90 Å². The van der Waals surface area contributed by atoms with Crippen molar-refractivity contribution in [2.45, 2.75) is 117 Å². The molecule has 3 rings (SSSR count). The topological polar surface area (TPSA) is 21.1 Å². The van der Waals surface area contributed by atoms with E-state index in [0.29, 0.717) is 6.42 Å². The summed E-state index contributed by atoms with van der Waals surface area (Å²) < 4.78 is 41.0. The molecule has 0 spiro atoms. The molecular formula is C29H44F3N3. The van der Waals surface area contributed by atoms with E-state index >= 15 is 0 Å². The Morgan fingerprint density at radius 1 is 0.943 bits per heavy atom. The first-order chi connectivity index (χ1) is 16.8. The predicted octanol–water partition coefficient (Wildman–Crippen LogP) is 8.00. The summed E-state index contributed by atoms with van der Waals surface area (Å²) in [7, 11) is 1.38. The van der Waals surface area contributed by atoms with E-state index in [9.17, 15) is 13.2 Å². The van der Waals surface area contributed by atoms with Crippen molar-refractivity contribution in [2.75, 3.05) is 6.54 Å². The van der Waals surface area contributed by atoms with Crippen LogP contribution in [0.2, 0.25) is 0 Å². The highest BCUT2D eigenvalue weighted by molar-refractivity contribution is 5.37. The molecule has 1 saturated carbocycles. The molecule has 0 saturated heterocycles. The van der Waals surface area contributed by atoms with Crippen molar-refractivity contribution in [1.82, 2.24) is 14.7 Å². The number of halogens is 3. The van der Waals surface area contributed by atoms with Crippen molar-refractivity contribution >= 4 is 0 Å². The Hall–Kier alpha value is -1.82. The minimum Gasteiger partial charge on any atom is -0.296 e. The molecule has 0 unspecified atom stereocenters. The third-order valence-corrected chi connectivity index (χ3v) is 7.56. The van der Waals surface area contributed by atoms with Crippen molar-refractivity contribution in [1.29, 1.82) is 0 Å². The standard InChI is InChI=1S/C29H44F3N3/c1-5-23-18-21(2)22(3)19-24(23)20-35(25-15-16-25)17-13-11-9-7-6-8-10-12-14-26-27(28(30)31)33-34(4)29(26)32/h18-19,25,28H,5-17,20H2,1-4H3. The molecule has 0 bridgehead atoms. The lowest BCUT2D eigenvalue weighted by Crippen LogP contribution is -2.27. The van der Waals surface area contributed by atoms with Crippen LogP contribution in [-0.4, -0.2) is 27.3 Å². The fraction of sp³-hybridized carbons (Fsp3) is 0.690. The monoisotopic (exact) mass is 491 g/mol. The fourth-order valence-corrected chi connectivity index (χ4v) is 5.11. The molecule has 1 aromatic carbocycles. The zero-order valence-electron chi connectivity index (χ0n) is 22.2. The molecular weight excluding hydrogens is 447 g/mol. The molecule has 6 heteroatoms. The molecule has 3 nitrogen and oxygen atoms in total. The van der Waals surface area contributed by atoms with Gasteiger partial charge in [0.15, 0.2) is 0 Å². The molecule has 0 radical (unpaired) electrons. The Balaban J connectivity index is 1.29. The van der Waals surface area contributed by atoms with E-state index < -0.39 is 18.1 Å². The molecule has 35 heavy (non-hydrogen) atoms. The van der Waals surface area contributed by atoms with E-state index in [1.807, 2.05) is 0 Å². The van der Waals surface area contributed by atoms with Gasteiger partial charge >= 0.3 is 0 Å². The number of rotatable bonds is 16. The van der Waals surface area contributed by atoms with Crippen LogP contribution in [0.1, 0.15) is 111 Å². The van der Waals surface area contributed by atoms with Gasteiger partial charge < -0.3 is 0 Å². The van der Waals surface area contributed by atoms with Gasteiger partial charge in [0.1, 0.15) is 5.69 Å². The van der Waals surface area contributed by atoms with Crippen LogP contribution in [0.4, 0.5) is 13.2 Å². The van der Waals surface area contributed by atoms with Crippen molar-refractivity contribution in [3.8, 4) is 0 Å². The summed E-state index contributed by atoms with van der Waals surface area (Å²) >= 11 is 0. The van der Waals surface area contributed by atoms with Gasteiger partial charge in [0, 0.05) is 25.2 Å². The highest BCUT2D eigenvalue weighted by Gasteiger charge is 2.29. The van der Waals surface area contributed by atoms with Crippen LogP contribution in [0.5, 0.6) is 0 Å². The van der Waals surface area contributed by atoms with Crippen molar-refractivity contribution in [3.05, 3.63) is 51.6 Å². The second-order valence-corrected chi connectivity index (χ2v) is 10.4. The highest BCUT2D eigenvalue weighted by atomic mass is 19.3. The van der Waals surface area contributed by atoms with Gasteiger partial charge in [-0.25, -0.2) is 13.5 Å². The Kier molecular flexibility index (Phi) is 10.7. The maximum atomic E-state index is 14.0. The lowest BCUT2D eigenvalue weighted by molar-refractivity contribution is 0.144. The smallest absolute Gasteiger partial charge is 0.282 e. The van der Waals surface area contributed by atoms with E-state index in [-0.39, 0.29) is 5.56 Å². The molecule has 1 aromatic heterocycles. The van der Waals surface area contributed by atoms with Crippen LogP contribution in [0, 0.1) is 19.8 Å². The van der Waals surface area contributed by atoms with E-state index in [4.69, 9.17) is 0 Å². The van der Waals surface area contributed by atoms with Crippen LogP contribution in [0.3, 0.4) is 0 Å². The van der Waals surface area contributed by atoms with Crippen LogP contribution < -0.4 is 0 Å². The predicted molar refractivity (Wildman–Crippen MR) is 137 cm³/mol. The molecule has 0 N–H and O–H groups in total. The first-order valence-corrected chi connectivity index (χ1v) is 13.6. The lowest BCUT2D eigenvalue weighted by Gasteiger charge is -2.24. The molecule has 1 fully saturated rings. The van der Waals surface area contributed by atoms with Crippen molar-refractivity contribution in [3.63, 3.8) is 0 Å². The van der Waals surface area contributed by atoms with E-state index in [0.717, 1.165) is 49.4 Å². The Morgan fingerprint density at radius 3 is 2.09 bits per heavy atom. The summed E-state index contributed by atoms with van der Waals surface area (Å²) in [6.07, 6.45) is 10.3. The first kappa shape index (κ1) is 27.8. The number of aromatic nitrogens is 2.